The van der Waals surface area contributed by atoms with Crippen molar-refractivity contribution in [3.8, 4) is 0 Å². The molecule has 1 aliphatic heterocycles. The third-order valence-electron chi connectivity index (χ3n) is 3.15. The van der Waals surface area contributed by atoms with Crippen LogP contribution in [0.25, 0.3) is 0 Å². The van der Waals surface area contributed by atoms with Gasteiger partial charge in [-0.1, -0.05) is 39.0 Å². The Hall–Kier alpha value is -0.920. The summed E-state index contributed by atoms with van der Waals surface area (Å²) in [6, 6.07) is 6.30. The van der Waals surface area contributed by atoms with Crippen LogP contribution >= 0.6 is 0 Å². The minimum absolute atomic E-state index is 0.131. The first kappa shape index (κ1) is 15.5. The Bertz CT molecular complexity index is 715. The molecule has 1 heterocycles. The lowest BCUT2D eigenvalue weighted by Gasteiger charge is -2.20. The monoisotopic (exact) mass is 317 g/mol. The maximum absolute atomic E-state index is 12.4. The molecule has 1 unspecified atom stereocenters. The smallest absolute Gasteiger partial charge is 0.219 e. The molecule has 0 aliphatic carbocycles. The van der Waals surface area contributed by atoms with Crippen molar-refractivity contribution in [3.63, 3.8) is 0 Å². The van der Waals surface area contributed by atoms with E-state index in [9.17, 15) is 16.8 Å². The van der Waals surface area contributed by atoms with Crippen LogP contribution in [-0.4, -0.2) is 29.1 Å². The predicted molar refractivity (Wildman–Crippen MR) is 77.6 cm³/mol. The number of sulfone groups is 1. The first-order valence-electron chi connectivity index (χ1n) is 6.33. The van der Waals surface area contributed by atoms with Crippen LogP contribution in [0.1, 0.15) is 31.6 Å². The molecule has 20 heavy (non-hydrogen) atoms. The van der Waals surface area contributed by atoms with Gasteiger partial charge in [0.1, 0.15) is 5.25 Å². The number of benzene rings is 1. The third kappa shape index (κ3) is 3.05. The van der Waals surface area contributed by atoms with E-state index in [2.05, 4.69) is 4.72 Å². The number of nitrogens with one attached hydrogen (secondary N) is 1. The van der Waals surface area contributed by atoms with Gasteiger partial charge in [-0.3, -0.25) is 0 Å². The van der Waals surface area contributed by atoms with E-state index in [0.717, 1.165) is 0 Å². The van der Waals surface area contributed by atoms with Crippen molar-refractivity contribution < 1.29 is 16.8 Å². The van der Waals surface area contributed by atoms with E-state index >= 15 is 0 Å². The Kier molecular flexibility index (Phi) is 3.73. The molecule has 1 aromatic carbocycles. The van der Waals surface area contributed by atoms with E-state index in [0.29, 0.717) is 5.56 Å². The zero-order valence-electron chi connectivity index (χ0n) is 11.8. The molecule has 0 spiro atoms. The van der Waals surface area contributed by atoms with Gasteiger partial charge in [0.15, 0.2) is 9.84 Å². The second-order valence-electron chi connectivity index (χ2n) is 6.23. The molecule has 2 rings (SSSR count). The molecular weight excluding hydrogens is 298 g/mol. The standard InChI is InChI=1S/C13H19NO4S2/c1-13(2,3)9-14-20(17,18)12-8-19(15,16)11-7-5-4-6-10(11)12/h4-7,12,14H,8-9H2,1-3H3. The highest BCUT2D eigenvalue weighted by atomic mass is 32.2. The van der Waals surface area contributed by atoms with Crippen molar-refractivity contribution in [2.24, 2.45) is 5.41 Å². The fraction of sp³-hybridized carbons (Fsp3) is 0.538. The molecule has 7 heteroatoms. The number of rotatable bonds is 3. The van der Waals surface area contributed by atoms with Crippen LogP contribution < -0.4 is 4.72 Å². The van der Waals surface area contributed by atoms with Gasteiger partial charge in [0, 0.05) is 6.54 Å². The lowest BCUT2D eigenvalue weighted by molar-refractivity contribution is 0.406. The number of hydrogen-bond acceptors (Lipinski definition) is 4. The molecule has 1 aliphatic rings. The summed E-state index contributed by atoms with van der Waals surface area (Å²) in [5.74, 6) is -0.383. The van der Waals surface area contributed by atoms with Crippen LogP contribution in [0.5, 0.6) is 0 Å². The number of hydrogen-bond donors (Lipinski definition) is 1. The molecule has 0 amide bonds. The van der Waals surface area contributed by atoms with Gasteiger partial charge in [-0.25, -0.2) is 21.6 Å². The fourth-order valence-corrected chi connectivity index (χ4v) is 6.40. The molecule has 0 radical (unpaired) electrons. The van der Waals surface area contributed by atoms with Gasteiger partial charge in [0.2, 0.25) is 10.0 Å². The molecule has 0 saturated carbocycles. The van der Waals surface area contributed by atoms with E-state index in [4.69, 9.17) is 0 Å². The molecule has 0 bridgehead atoms. The summed E-state index contributed by atoms with van der Waals surface area (Å²) in [6.07, 6.45) is 0. The second-order valence-corrected chi connectivity index (χ2v) is 10.2. The van der Waals surface area contributed by atoms with Crippen molar-refractivity contribution >= 4 is 19.9 Å². The van der Waals surface area contributed by atoms with Gasteiger partial charge < -0.3 is 0 Å². The van der Waals surface area contributed by atoms with Crippen LogP contribution in [0.15, 0.2) is 29.2 Å². The van der Waals surface area contributed by atoms with E-state index in [1.54, 1.807) is 18.2 Å². The zero-order valence-corrected chi connectivity index (χ0v) is 13.4. The van der Waals surface area contributed by atoms with Crippen LogP contribution in [0, 0.1) is 5.41 Å². The molecular formula is C13H19NO4S2. The Morgan fingerprint density at radius 1 is 1.25 bits per heavy atom. The first-order valence-corrected chi connectivity index (χ1v) is 9.53. The molecule has 5 nitrogen and oxygen atoms in total. The summed E-state index contributed by atoms with van der Waals surface area (Å²) in [4.78, 5) is 0.131. The largest absolute Gasteiger partial charge is 0.224 e. The average molecular weight is 317 g/mol. The van der Waals surface area contributed by atoms with Gasteiger partial charge in [-0.15, -0.1) is 0 Å². The quantitative estimate of drug-likeness (QED) is 0.915. The number of sulfonamides is 1. The Labute approximate surface area is 120 Å². The van der Waals surface area contributed by atoms with Gasteiger partial charge >= 0.3 is 0 Å². The van der Waals surface area contributed by atoms with Crippen molar-refractivity contribution in [1.29, 1.82) is 0 Å². The summed E-state index contributed by atoms with van der Waals surface area (Å²) < 4.78 is 51.3. The van der Waals surface area contributed by atoms with Gasteiger partial charge in [0.05, 0.1) is 10.6 Å². The highest BCUT2D eigenvalue weighted by Crippen LogP contribution is 2.37. The SMILES string of the molecule is CC(C)(C)CNS(=O)(=O)C1CS(=O)(=O)c2ccccc21. The highest BCUT2D eigenvalue weighted by Gasteiger charge is 2.42. The topological polar surface area (TPSA) is 80.3 Å². The van der Waals surface area contributed by atoms with Gasteiger partial charge in [-0.2, -0.15) is 0 Å². The highest BCUT2D eigenvalue weighted by molar-refractivity contribution is 7.95. The summed E-state index contributed by atoms with van der Waals surface area (Å²) in [5, 5.41) is -1.02. The van der Waals surface area contributed by atoms with Crippen molar-refractivity contribution in [2.75, 3.05) is 12.3 Å². The average Bonchev–Trinajstić information content (AvgIpc) is 2.60. The predicted octanol–water partition coefficient (Wildman–Crippen LogP) is 1.48. The summed E-state index contributed by atoms with van der Waals surface area (Å²) >= 11 is 0. The Balaban J connectivity index is 2.36. The van der Waals surface area contributed by atoms with E-state index in [1.165, 1.54) is 6.07 Å². The molecule has 112 valence electrons. The zero-order chi connectivity index (χ0) is 15.2. The molecule has 0 fully saturated rings. The van der Waals surface area contributed by atoms with Crippen LogP contribution in [0.2, 0.25) is 0 Å². The van der Waals surface area contributed by atoms with E-state index in [-0.39, 0.29) is 22.6 Å². The normalized spacial score (nSPS) is 21.6. The summed E-state index contributed by atoms with van der Waals surface area (Å²) in [7, 11) is -7.22. The van der Waals surface area contributed by atoms with Gasteiger partial charge in [0.25, 0.3) is 0 Å². The van der Waals surface area contributed by atoms with E-state index < -0.39 is 25.1 Å². The minimum Gasteiger partial charge on any atom is -0.224 e. The van der Waals surface area contributed by atoms with Crippen molar-refractivity contribution in [2.45, 2.75) is 30.9 Å². The molecule has 0 saturated heterocycles. The Morgan fingerprint density at radius 2 is 1.85 bits per heavy atom. The van der Waals surface area contributed by atoms with E-state index in [1.807, 2.05) is 20.8 Å². The summed E-state index contributed by atoms with van der Waals surface area (Å²) in [5.41, 5.74) is 0.165. The second kappa shape index (κ2) is 4.82. The van der Waals surface area contributed by atoms with Gasteiger partial charge in [-0.05, 0) is 17.0 Å². The summed E-state index contributed by atoms with van der Waals surface area (Å²) in [6.45, 7) is 6.01. The van der Waals surface area contributed by atoms with Crippen molar-refractivity contribution in [1.82, 2.24) is 4.72 Å². The molecule has 0 aromatic heterocycles. The Morgan fingerprint density at radius 3 is 2.45 bits per heavy atom. The molecule has 1 N–H and O–H groups in total. The van der Waals surface area contributed by atoms with Crippen LogP contribution in [0.3, 0.4) is 0 Å². The first-order chi connectivity index (χ1) is 9.03. The lowest BCUT2D eigenvalue weighted by Crippen LogP contribution is -2.36. The fourth-order valence-electron chi connectivity index (χ4n) is 2.08. The van der Waals surface area contributed by atoms with Crippen molar-refractivity contribution in [3.05, 3.63) is 29.8 Å². The lowest BCUT2D eigenvalue weighted by atomic mass is 9.98. The maximum atomic E-state index is 12.4. The third-order valence-corrected chi connectivity index (χ3v) is 6.89. The maximum Gasteiger partial charge on any atom is 0.219 e. The van der Waals surface area contributed by atoms with Crippen LogP contribution in [0.4, 0.5) is 0 Å². The molecule has 1 aromatic rings. The number of fused-ring (bicyclic) bond motifs is 1. The minimum atomic E-state index is -3.71. The van der Waals surface area contributed by atoms with Crippen LogP contribution in [-0.2, 0) is 19.9 Å². The molecule has 1 atom stereocenters.